The molecule has 6 aliphatic heterocycles. The van der Waals surface area contributed by atoms with Crippen molar-refractivity contribution in [2.24, 2.45) is 21.7 Å². The molecule has 0 saturated carbocycles. The maximum Gasteiger partial charge on any atom is 0.410 e. The molecule has 2 saturated heterocycles. The van der Waals surface area contributed by atoms with Gasteiger partial charge < -0.3 is 76.3 Å². The number of likely N-dealkylation sites (tertiary alicyclic amines) is 2. The topological polar surface area (TPSA) is 439 Å². The maximum absolute atomic E-state index is 15.7. The van der Waals surface area contributed by atoms with Gasteiger partial charge in [-0.3, -0.25) is 48.2 Å². The van der Waals surface area contributed by atoms with Crippen LogP contribution in [0.5, 0.6) is 11.5 Å². The van der Waals surface area contributed by atoms with E-state index in [0.29, 0.717) is 45.1 Å². The molecular formula is C94H122N18O17. The fourth-order valence-corrected chi connectivity index (χ4v) is 15.4. The van der Waals surface area contributed by atoms with Crippen LogP contribution in [0.25, 0.3) is 21.5 Å². The lowest BCUT2D eigenvalue weighted by Crippen LogP contribution is -2.61. The van der Waals surface area contributed by atoms with Crippen LogP contribution < -0.4 is 47.1 Å². The minimum Gasteiger partial charge on any atom is -0.487 e. The number of ether oxygens (including phenoxy) is 5. The Bertz CT molecular complexity index is 5450. The number of rotatable bonds is 14. The number of hydrogen-bond donors (Lipinski definition) is 8. The minimum absolute atomic E-state index is 0.0526. The van der Waals surface area contributed by atoms with E-state index < -0.39 is 166 Å². The lowest BCUT2D eigenvalue weighted by atomic mass is 9.85. The average molecular weight is 1780 g/mol. The molecule has 9 N–H and O–H groups in total. The second-order valence-corrected chi connectivity index (χ2v) is 38.7. The molecule has 129 heavy (non-hydrogen) atoms. The number of likely N-dealkylation sites (N-methyl/N-ethyl adjacent to an activating group) is 2. The Morgan fingerprint density at radius 3 is 1.23 bits per heavy atom. The number of esters is 1. The first-order valence-corrected chi connectivity index (χ1v) is 43.3. The number of benzene rings is 6. The highest BCUT2D eigenvalue weighted by Crippen LogP contribution is 2.35. The van der Waals surface area contributed by atoms with Crippen LogP contribution in [0.15, 0.2) is 151 Å². The third-order valence-corrected chi connectivity index (χ3v) is 22.7. The molecule has 0 aliphatic carbocycles. The summed E-state index contributed by atoms with van der Waals surface area (Å²) in [6.07, 6.45) is 1.11. The summed E-state index contributed by atoms with van der Waals surface area (Å²) in [5.74, 6) is -6.21. The summed E-state index contributed by atoms with van der Waals surface area (Å²) in [6, 6.07) is 25.4. The third kappa shape index (κ3) is 25.4. The minimum atomic E-state index is -1.42. The Morgan fingerprint density at radius 1 is 0.504 bits per heavy atom. The van der Waals surface area contributed by atoms with E-state index in [9.17, 15) is 29.2 Å². The Kier molecular flexibility index (Phi) is 29.9. The van der Waals surface area contributed by atoms with Crippen LogP contribution in [0.4, 0.5) is 9.59 Å². The molecule has 35 nitrogen and oxygen atoms in total. The van der Waals surface area contributed by atoms with Crippen molar-refractivity contribution >= 4 is 92.8 Å². The maximum atomic E-state index is 15.7. The summed E-state index contributed by atoms with van der Waals surface area (Å²) in [4.78, 5) is 169. The van der Waals surface area contributed by atoms with Gasteiger partial charge in [0.05, 0.1) is 30.5 Å². The molecule has 2 aromatic heterocycles. The third-order valence-electron chi connectivity index (χ3n) is 22.7. The van der Waals surface area contributed by atoms with Crippen molar-refractivity contribution in [2.45, 2.75) is 259 Å². The number of carbonyl (C=O) groups excluding carboxylic acids is 11. The van der Waals surface area contributed by atoms with E-state index in [4.69, 9.17) is 29.4 Å². The number of amidine groups is 1. The standard InChI is InChI=1S/C94H122N18O17/c1-54(107(18)88(122)128-93(12,13)14)79(113)100-76(90(3,4)5)85(119)109-50-66-46-74(109)83(117)97-71(44-58-28-34-60-24-20-22-26-62(60)40-58)81(115)96-70(78(95)104-124)42-56-30-36-68(37-31-56)125-52-64-48-112(105-102-64)67-47-75(110(51-67)86(120)77(91(6,7)8)101-80(114)55(2)108(19)89(123)129-94(15,16)17)84(118)98-72(45-59-29-35-61-25-21-23-27-63(61)41-59)82(116)99-73(87(121)127-92(9,10)11)43-57-32-38-69(39-33-57)126-53-65-49-111(66)106-103-65/h20-41,48-49,54-55,66-67,70-77,124H,42-47,50-53H2,1-19H3,(H2,95,104)(H,96,115)(H,97,117)(H,98,118)(H,99,116)(H,100,113)(H,101,114)/t54-,55-,66-,67-,70-,71-,72-,73-,74-,75-,76+,77+/m0/s1. The molecule has 14 rings (SSSR count). The monoisotopic (exact) mass is 1770 g/mol. The van der Waals surface area contributed by atoms with Crippen LogP contribution in [0.3, 0.4) is 0 Å². The van der Waals surface area contributed by atoms with Gasteiger partial charge in [-0.15, -0.1) is 10.2 Å². The van der Waals surface area contributed by atoms with Crippen molar-refractivity contribution < 1.29 is 81.6 Å². The molecule has 6 aromatic carbocycles. The van der Waals surface area contributed by atoms with E-state index in [0.717, 1.165) is 31.3 Å². The first-order chi connectivity index (χ1) is 60.5. The van der Waals surface area contributed by atoms with Gasteiger partial charge in [0.2, 0.25) is 47.3 Å². The smallest absolute Gasteiger partial charge is 0.410 e. The van der Waals surface area contributed by atoms with Gasteiger partial charge in [0.15, 0.2) is 5.84 Å². The van der Waals surface area contributed by atoms with E-state index >= 15 is 28.8 Å². The molecule has 0 radical (unpaired) electrons. The number of hydrogen-bond acceptors (Lipinski definition) is 22. The molecule has 0 spiro atoms. The van der Waals surface area contributed by atoms with Gasteiger partial charge in [0.1, 0.15) is 107 Å². The fourth-order valence-electron chi connectivity index (χ4n) is 15.4. The summed E-state index contributed by atoms with van der Waals surface area (Å²) >= 11 is 0. The lowest BCUT2D eigenvalue weighted by molar-refractivity contribution is -0.158. The Hall–Kier alpha value is -13.2. The van der Waals surface area contributed by atoms with Gasteiger partial charge in [-0.25, -0.2) is 23.7 Å². The second kappa shape index (κ2) is 40.0. The van der Waals surface area contributed by atoms with Crippen molar-refractivity contribution in [3.05, 3.63) is 179 Å². The van der Waals surface area contributed by atoms with Crippen molar-refractivity contribution in [3.63, 3.8) is 0 Å². The van der Waals surface area contributed by atoms with Gasteiger partial charge in [-0.1, -0.05) is 166 Å². The Balaban J connectivity index is 0.950. The van der Waals surface area contributed by atoms with E-state index in [-0.39, 0.29) is 70.7 Å². The van der Waals surface area contributed by atoms with Gasteiger partial charge in [0, 0.05) is 59.3 Å². The highest BCUT2D eigenvalue weighted by atomic mass is 16.6. The highest BCUT2D eigenvalue weighted by Gasteiger charge is 2.50. The number of fused-ring (bicyclic) bond motifs is 2. The number of oxime groups is 1. The number of nitrogens with one attached hydrogen (secondary N) is 6. The quantitative estimate of drug-likeness (QED) is 0.0126. The molecule has 6 aliphatic rings. The molecule has 12 atom stereocenters. The SMILES string of the molecule is C[C@@H](C(=O)N[C@H](C(=O)N1C[C@@H]2C[C@H]1C(=O)N[C@@H](Cc1ccc3ccccc3c1)C(=O)N[C@H](C(=O)OC(C)(C)C)Cc1ccc(cc1)OCc1cn(nn1)[C@H]1C[C@@H](C(=O)N[C@@H](Cc3ccc4ccccc4c3)C(=O)N[C@H](/C(N)=N/O)Cc3ccc(cc3)OCc3cn2nn3)N(C(=O)[C@@H](NC(=O)[C@H](C)N(C)C(=O)OC(C)(C)C)C(C)(C)C)C1)C(C)(C)C)N(C)C(=O)OC(C)(C)C. The van der Waals surface area contributed by atoms with Crippen molar-refractivity contribution in [2.75, 3.05) is 27.2 Å². The average Bonchev–Trinajstić information content (AvgIpc) is 1.65. The molecule has 35 heteroatoms. The van der Waals surface area contributed by atoms with Crippen LogP contribution in [0, 0.1) is 10.8 Å². The summed E-state index contributed by atoms with van der Waals surface area (Å²) < 4.78 is 32.7. The zero-order valence-electron chi connectivity index (χ0n) is 76.8. The van der Waals surface area contributed by atoms with E-state index in [1.807, 2.05) is 84.9 Å². The molecule has 2 fully saturated rings. The number of amides is 10. The van der Waals surface area contributed by atoms with E-state index in [1.165, 1.54) is 47.1 Å². The van der Waals surface area contributed by atoms with Crippen LogP contribution >= 0.6 is 0 Å². The van der Waals surface area contributed by atoms with Gasteiger partial charge in [-0.05, 0) is 161 Å². The predicted molar refractivity (Wildman–Crippen MR) is 479 cm³/mol. The summed E-state index contributed by atoms with van der Waals surface area (Å²) in [7, 11) is 2.81. The van der Waals surface area contributed by atoms with Crippen LogP contribution in [0.2, 0.25) is 0 Å². The summed E-state index contributed by atoms with van der Waals surface area (Å²) in [6.45, 7) is 28.1. The number of carbonyl (C=O) groups is 11. The van der Waals surface area contributed by atoms with Gasteiger partial charge in [-0.2, -0.15) is 0 Å². The Morgan fingerprint density at radius 2 is 0.868 bits per heavy atom. The largest absolute Gasteiger partial charge is 0.487 e. The van der Waals surface area contributed by atoms with Crippen molar-refractivity contribution in [1.82, 2.24) is 81.5 Å². The predicted octanol–water partition coefficient (Wildman–Crippen LogP) is 8.50. The molecule has 0 unspecified atom stereocenters. The molecule has 10 amide bonds. The number of nitrogens with zero attached hydrogens (tertiary/aromatic N) is 11. The van der Waals surface area contributed by atoms with E-state index in [2.05, 4.69) is 57.7 Å². The summed E-state index contributed by atoms with van der Waals surface area (Å²) in [5, 5.41) is 52.7. The van der Waals surface area contributed by atoms with Crippen LogP contribution in [0.1, 0.15) is 176 Å². The molecule has 12 bridgehead atoms. The first kappa shape index (κ1) is 96.4. The van der Waals surface area contributed by atoms with Crippen LogP contribution in [-0.2, 0) is 96.3 Å². The fraction of sp³-hybridized carbons (Fsp3) is 0.489. The van der Waals surface area contributed by atoms with E-state index in [1.54, 1.807) is 165 Å². The highest BCUT2D eigenvalue weighted by molar-refractivity contribution is 5.99. The zero-order chi connectivity index (χ0) is 94.1. The first-order valence-electron chi connectivity index (χ1n) is 43.3. The van der Waals surface area contributed by atoms with Crippen LogP contribution in [-0.4, -0.2) is 230 Å². The van der Waals surface area contributed by atoms with Gasteiger partial charge >= 0.3 is 18.2 Å². The molecular weight excluding hydrogens is 1650 g/mol. The van der Waals surface area contributed by atoms with Crippen molar-refractivity contribution in [3.8, 4) is 11.5 Å². The Labute approximate surface area is 750 Å². The normalized spacial score (nSPS) is 20.6. The lowest BCUT2D eigenvalue weighted by Gasteiger charge is -2.37. The second-order valence-electron chi connectivity index (χ2n) is 38.7. The molecule has 8 aromatic rings. The zero-order valence-corrected chi connectivity index (χ0v) is 76.8. The van der Waals surface area contributed by atoms with Gasteiger partial charge in [0.25, 0.3) is 0 Å². The number of aromatic nitrogens is 6. The van der Waals surface area contributed by atoms with Crippen molar-refractivity contribution in [1.29, 1.82) is 0 Å². The molecule has 8 heterocycles. The number of nitrogens with two attached hydrogens (primary N) is 1. The molecule has 690 valence electrons. The summed E-state index contributed by atoms with van der Waals surface area (Å²) in [5.41, 5.74) is 4.61.